The van der Waals surface area contributed by atoms with Crippen molar-refractivity contribution in [2.75, 3.05) is 26.2 Å². The fraction of sp³-hybridized carbons (Fsp3) is 0.455. The Morgan fingerprint density at radius 1 is 1.14 bits per heavy atom. The van der Waals surface area contributed by atoms with Crippen LogP contribution in [0.1, 0.15) is 30.7 Å². The average molecular weight is 402 g/mol. The fourth-order valence-electron chi connectivity index (χ4n) is 4.35. The first-order chi connectivity index (χ1) is 13.2. The molecule has 3 N–H and O–H groups in total. The Bertz CT molecular complexity index is 851. The van der Waals surface area contributed by atoms with Crippen molar-refractivity contribution in [3.8, 4) is 0 Å². The van der Waals surface area contributed by atoms with Gasteiger partial charge in [0, 0.05) is 32.1 Å². The van der Waals surface area contributed by atoms with E-state index in [1.54, 1.807) is 0 Å². The molecule has 1 heterocycles. The first-order valence-corrected chi connectivity index (χ1v) is 9.93. The number of rotatable bonds is 5. The normalized spacial score (nSPS) is 23.8. The molecule has 0 bridgehead atoms. The van der Waals surface area contributed by atoms with Gasteiger partial charge in [-0.15, -0.1) is 12.4 Å². The predicted molar refractivity (Wildman–Crippen MR) is 113 cm³/mol. The molecule has 5 nitrogen and oxygen atoms in total. The van der Waals surface area contributed by atoms with E-state index in [0.717, 1.165) is 25.8 Å². The second kappa shape index (κ2) is 8.93. The van der Waals surface area contributed by atoms with E-state index >= 15 is 0 Å². The number of amides is 2. The number of nitrogens with zero attached hydrogens (tertiary/aromatic N) is 1. The molecule has 150 valence electrons. The lowest BCUT2D eigenvalue weighted by Crippen LogP contribution is -2.46. The van der Waals surface area contributed by atoms with E-state index in [0.29, 0.717) is 25.6 Å². The Morgan fingerprint density at radius 2 is 1.93 bits per heavy atom. The smallest absolute Gasteiger partial charge is 0.226 e. The summed E-state index contributed by atoms with van der Waals surface area (Å²) in [6.45, 7) is 2.23. The number of carbonyl (C=O) groups excluding carboxylic acids is 2. The van der Waals surface area contributed by atoms with Crippen molar-refractivity contribution in [2.45, 2.75) is 25.2 Å². The summed E-state index contributed by atoms with van der Waals surface area (Å²) in [5, 5.41) is 5.33. The first-order valence-electron chi connectivity index (χ1n) is 9.93. The zero-order valence-corrected chi connectivity index (χ0v) is 16.8. The number of fused-ring (bicyclic) bond motifs is 1. The third-order valence-electron chi connectivity index (χ3n) is 5.88. The second-order valence-corrected chi connectivity index (χ2v) is 7.72. The molecule has 2 amide bonds. The Balaban J connectivity index is 0.00000225. The fourth-order valence-corrected chi connectivity index (χ4v) is 4.35. The number of hydrogen-bond donors (Lipinski definition) is 2. The van der Waals surface area contributed by atoms with Gasteiger partial charge in [-0.3, -0.25) is 9.59 Å². The number of likely N-dealkylation sites (tertiary alicyclic amines) is 1. The van der Waals surface area contributed by atoms with Crippen LogP contribution in [0.25, 0.3) is 10.8 Å². The SMILES string of the molecule is Cl.NCCNC(=O)C1CCCN(C(=O)C2CC2c2cccc3ccccc23)C1. The molecule has 0 radical (unpaired) electrons. The molecular formula is C22H28ClN3O2. The molecule has 1 saturated carbocycles. The van der Waals surface area contributed by atoms with Gasteiger partial charge in [-0.25, -0.2) is 0 Å². The van der Waals surface area contributed by atoms with Crippen LogP contribution >= 0.6 is 12.4 Å². The van der Waals surface area contributed by atoms with Crippen LogP contribution in [0.15, 0.2) is 42.5 Å². The van der Waals surface area contributed by atoms with Gasteiger partial charge in [0.25, 0.3) is 0 Å². The summed E-state index contributed by atoms with van der Waals surface area (Å²) in [6, 6.07) is 14.7. The molecule has 2 aliphatic rings. The molecule has 0 aromatic heterocycles. The lowest BCUT2D eigenvalue weighted by molar-refractivity contribution is -0.136. The molecule has 3 atom stereocenters. The molecule has 1 aliphatic heterocycles. The highest BCUT2D eigenvalue weighted by Crippen LogP contribution is 2.50. The first kappa shape index (κ1) is 20.6. The molecule has 4 rings (SSSR count). The highest BCUT2D eigenvalue weighted by molar-refractivity contribution is 5.90. The Morgan fingerprint density at radius 3 is 2.75 bits per heavy atom. The van der Waals surface area contributed by atoms with Crippen molar-refractivity contribution < 1.29 is 9.59 Å². The number of carbonyl (C=O) groups is 2. The molecule has 2 fully saturated rings. The van der Waals surface area contributed by atoms with Gasteiger partial charge < -0.3 is 16.0 Å². The summed E-state index contributed by atoms with van der Waals surface area (Å²) >= 11 is 0. The van der Waals surface area contributed by atoms with Crippen molar-refractivity contribution in [3.05, 3.63) is 48.0 Å². The quantitative estimate of drug-likeness (QED) is 0.808. The van der Waals surface area contributed by atoms with Gasteiger partial charge in [0.05, 0.1) is 5.92 Å². The number of piperidine rings is 1. The summed E-state index contributed by atoms with van der Waals surface area (Å²) in [5.41, 5.74) is 6.74. The van der Waals surface area contributed by atoms with Crippen molar-refractivity contribution in [2.24, 2.45) is 17.6 Å². The van der Waals surface area contributed by atoms with Gasteiger partial charge >= 0.3 is 0 Å². The summed E-state index contributed by atoms with van der Waals surface area (Å²) < 4.78 is 0. The highest BCUT2D eigenvalue weighted by Gasteiger charge is 2.47. The topological polar surface area (TPSA) is 75.4 Å². The third-order valence-corrected chi connectivity index (χ3v) is 5.88. The van der Waals surface area contributed by atoms with E-state index in [-0.39, 0.29) is 36.1 Å². The van der Waals surface area contributed by atoms with E-state index in [2.05, 4.69) is 41.7 Å². The summed E-state index contributed by atoms with van der Waals surface area (Å²) in [6.07, 6.45) is 2.64. The van der Waals surface area contributed by atoms with Crippen molar-refractivity contribution in [3.63, 3.8) is 0 Å². The zero-order valence-electron chi connectivity index (χ0n) is 16.0. The molecule has 1 aliphatic carbocycles. The van der Waals surface area contributed by atoms with Crippen LogP contribution in [0.5, 0.6) is 0 Å². The highest BCUT2D eigenvalue weighted by atomic mass is 35.5. The van der Waals surface area contributed by atoms with Crippen LogP contribution in [0, 0.1) is 11.8 Å². The predicted octanol–water partition coefficient (Wildman–Crippen LogP) is 2.68. The molecule has 3 unspecified atom stereocenters. The van der Waals surface area contributed by atoms with Crippen molar-refractivity contribution in [1.29, 1.82) is 0 Å². The molecular weight excluding hydrogens is 374 g/mol. The van der Waals surface area contributed by atoms with Crippen LogP contribution in [0.4, 0.5) is 0 Å². The summed E-state index contributed by atoms with van der Waals surface area (Å²) in [7, 11) is 0. The van der Waals surface area contributed by atoms with Crippen LogP contribution in [0.3, 0.4) is 0 Å². The van der Waals surface area contributed by atoms with E-state index in [4.69, 9.17) is 5.73 Å². The van der Waals surface area contributed by atoms with Gasteiger partial charge in [-0.2, -0.15) is 0 Å². The van der Waals surface area contributed by atoms with E-state index in [1.165, 1.54) is 16.3 Å². The Hall–Kier alpha value is -2.11. The number of halogens is 1. The van der Waals surface area contributed by atoms with Crippen molar-refractivity contribution in [1.82, 2.24) is 10.2 Å². The van der Waals surface area contributed by atoms with E-state index in [9.17, 15) is 9.59 Å². The average Bonchev–Trinajstić information content (AvgIpc) is 3.51. The van der Waals surface area contributed by atoms with Crippen LogP contribution in [0.2, 0.25) is 0 Å². The van der Waals surface area contributed by atoms with E-state index < -0.39 is 0 Å². The summed E-state index contributed by atoms with van der Waals surface area (Å²) in [4.78, 5) is 27.2. The van der Waals surface area contributed by atoms with E-state index in [1.807, 2.05) is 11.0 Å². The lowest BCUT2D eigenvalue weighted by atomic mass is 9.96. The van der Waals surface area contributed by atoms with Gasteiger partial charge in [0.15, 0.2) is 0 Å². The molecule has 0 spiro atoms. The largest absolute Gasteiger partial charge is 0.355 e. The minimum absolute atomic E-state index is 0. The molecule has 1 saturated heterocycles. The molecule has 2 aromatic rings. The van der Waals surface area contributed by atoms with Crippen LogP contribution in [-0.2, 0) is 9.59 Å². The number of hydrogen-bond acceptors (Lipinski definition) is 3. The maximum atomic E-state index is 13.0. The van der Waals surface area contributed by atoms with Gasteiger partial charge in [-0.05, 0) is 41.5 Å². The monoisotopic (exact) mass is 401 g/mol. The maximum absolute atomic E-state index is 13.0. The van der Waals surface area contributed by atoms with Gasteiger partial charge in [0.1, 0.15) is 0 Å². The van der Waals surface area contributed by atoms with Gasteiger partial charge in [-0.1, -0.05) is 42.5 Å². The number of benzene rings is 2. The van der Waals surface area contributed by atoms with Crippen molar-refractivity contribution >= 4 is 35.0 Å². The number of nitrogens with two attached hydrogens (primary N) is 1. The third kappa shape index (κ3) is 4.15. The zero-order chi connectivity index (χ0) is 18.8. The molecule has 2 aromatic carbocycles. The van der Waals surface area contributed by atoms with Crippen LogP contribution < -0.4 is 11.1 Å². The standard InChI is InChI=1S/C22H27N3O2.ClH/c23-10-11-24-21(26)16-7-4-12-25(14-16)22(27)20-13-19(20)18-9-3-6-15-5-1-2-8-17(15)18;/h1-3,5-6,8-9,16,19-20H,4,7,10-14,23H2,(H,24,26);1H. The Kier molecular flexibility index (Phi) is 6.57. The molecule has 28 heavy (non-hydrogen) atoms. The minimum atomic E-state index is -0.107. The molecule has 6 heteroatoms. The second-order valence-electron chi connectivity index (χ2n) is 7.72. The minimum Gasteiger partial charge on any atom is -0.355 e. The van der Waals surface area contributed by atoms with Gasteiger partial charge in [0.2, 0.25) is 11.8 Å². The Labute approximate surface area is 172 Å². The van der Waals surface area contributed by atoms with Crippen LogP contribution in [-0.4, -0.2) is 42.9 Å². The maximum Gasteiger partial charge on any atom is 0.226 e. The number of nitrogens with one attached hydrogen (secondary N) is 1. The summed E-state index contributed by atoms with van der Waals surface area (Å²) in [5.74, 6) is 0.490. The lowest BCUT2D eigenvalue weighted by Gasteiger charge is -2.32.